The van der Waals surface area contributed by atoms with Gasteiger partial charge in [0.2, 0.25) is 0 Å². The summed E-state index contributed by atoms with van der Waals surface area (Å²) < 4.78 is 68.2. The maximum atomic E-state index is 13.0. The van der Waals surface area contributed by atoms with Gasteiger partial charge in [0.1, 0.15) is 19.3 Å². The van der Waals surface area contributed by atoms with Crippen molar-refractivity contribution in [1.82, 2.24) is 0 Å². The number of rotatable bonds is 71. The first-order valence-corrected chi connectivity index (χ1v) is 39.8. The predicted molar refractivity (Wildman–Crippen MR) is 359 cm³/mol. The Morgan fingerprint density at radius 3 is 0.663 bits per heavy atom. The first kappa shape index (κ1) is 87.1. The van der Waals surface area contributed by atoms with Crippen molar-refractivity contribution in [3.05, 3.63) is 0 Å². The number of carbonyl (C=O) groups excluding carboxylic acids is 4. The van der Waals surface area contributed by atoms with Gasteiger partial charge in [0.05, 0.1) is 26.4 Å². The second-order valence-corrected chi connectivity index (χ2v) is 28.2. The van der Waals surface area contributed by atoms with Crippen molar-refractivity contribution >= 4 is 39.5 Å². The fraction of sp³-hybridized carbons (Fsp3) is 0.943. The molecular weight excluding hydrogens is 1170 g/mol. The van der Waals surface area contributed by atoms with Crippen LogP contribution in [0.5, 0.6) is 0 Å². The van der Waals surface area contributed by atoms with E-state index in [0.717, 1.165) is 89.9 Å². The second kappa shape index (κ2) is 64.8. The van der Waals surface area contributed by atoms with E-state index in [1.807, 2.05) is 0 Å². The summed E-state index contributed by atoms with van der Waals surface area (Å²) in [6.45, 7) is 4.93. The van der Waals surface area contributed by atoms with E-state index in [9.17, 15) is 43.2 Å². The van der Waals surface area contributed by atoms with Gasteiger partial charge in [-0.25, -0.2) is 9.13 Å². The third-order valence-corrected chi connectivity index (χ3v) is 18.3. The average Bonchev–Trinajstić information content (AvgIpc) is 3.55. The minimum atomic E-state index is -4.95. The molecule has 0 aliphatic carbocycles. The topological polar surface area (TPSA) is 237 Å². The van der Waals surface area contributed by atoms with Gasteiger partial charge in [-0.2, -0.15) is 0 Å². The number of carbonyl (C=O) groups is 4. The van der Waals surface area contributed by atoms with Crippen molar-refractivity contribution in [2.45, 2.75) is 386 Å². The Kier molecular flexibility index (Phi) is 63.3. The van der Waals surface area contributed by atoms with E-state index in [1.165, 1.54) is 199 Å². The summed E-state index contributed by atoms with van der Waals surface area (Å²) >= 11 is 0. The molecule has 0 aliphatic rings. The molecule has 5 atom stereocenters. The summed E-state index contributed by atoms with van der Waals surface area (Å²) in [6, 6.07) is 0. The lowest BCUT2D eigenvalue weighted by Crippen LogP contribution is -2.30. The van der Waals surface area contributed by atoms with Crippen molar-refractivity contribution in [2.75, 3.05) is 39.6 Å². The smallest absolute Gasteiger partial charge is 0.462 e. The highest BCUT2D eigenvalue weighted by Gasteiger charge is 2.30. The molecule has 0 bridgehead atoms. The molecule has 0 fully saturated rings. The van der Waals surface area contributed by atoms with E-state index in [1.54, 1.807) is 0 Å². The highest BCUT2D eigenvalue weighted by atomic mass is 31.2. The molecule has 2 unspecified atom stereocenters. The number of hydrogen-bond donors (Lipinski definition) is 3. The molecule has 0 saturated heterocycles. The standard InChI is InChI=1S/C70H136O17P2/c1-5-9-13-17-21-25-28-30-32-33-35-37-41-45-49-53-57-70(75)87-66(61-81-68(73)55-51-47-43-40-36-34-31-29-26-22-18-14-10-6-2)63-85-89(78,79)83-59-64(71)58-82-88(76,77)84-62-65(60-80-67(72)54-50-46-42-38-24-20-16-12-8-4)86-69(74)56-52-48-44-39-27-23-19-15-11-7-3/h64-66,71H,5-63H2,1-4H3,(H,76,77)(H,78,79)/t64-,65+,66+/m0/s1. The van der Waals surface area contributed by atoms with Crippen molar-refractivity contribution in [3.8, 4) is 0 Å². The number of esters is 4. The fourth-order valence-corrected chi connectivity index (χ4v) is 12.3. The van der Waals surface area contributed by atoms with Crippen LogP contribution >= 0.6 is 15.6 Å². The molecule has 0 radical (unpaired) electrons. The quantitative estimate of drug-likeness (QED) is 0.0222. The van der Waals surface area contributed by atoms with Gasteiger partial charge in [-0.3, -0.25) is 37.3 Å². The largest absolute Gasteiger partial charge is 0.472 e. The molecule has 19 heteroatoms. The SMILES string of the molecule is CCCCCCCCCCCCCCCCCCC(=O)O[C@H](COC(=O)CCCCCCCCCCCCCCCC)COP(=O)(O)OC[C@@H](O)COP(=O)(O)OC[C@@H](COC(=O)CCCCCCCCCCC)OC(=O)CCCCCCCCCCCC. The number of aliphatic hydroxyl groups is 1. The molecule has 89 heavy (non-hydrogen) atoms. The zero-order valence-corrected chi connectivity index (χ0v) is 59.2. The summed E-state index contributed by atoms with van der Waals surface area (Å²) in [7, 11) is -9.89. The molecule has 528 valence electrons. The molecule has 0 amide bonds. The predicted octanol–water partition coefficient (Wildman–Crippen LogP) is 20.3. The summed E-state index contributed by atoms with van der Waals surface area (Å²) in [5.41, 5.74) is 0. The molecule has 0 aromatic rings. The highest BCUT2D eigenvalue weighted by Crippen LogP contribution is 2.45. The van der Waals surface area contributed by atoms with Crippen LogP contribution in [0.15, 0.2) is 0 Å². The van der Waals surface area contributed by atoms with Crippen LogP contribution in [-0.4, -0.2) is 96.7 Å². The third kappa shape index (κ3) is 64.6. The van der Waals surface area contributed by atoms with Crippen molar-refractivity contribution < 1.29 is 80.2 Å². The number of hydrogen-bond acceptors (Lipinski definition) is 15. The first-order chi connectivity index (χ1) is 43.2. The van der Waals surface area contributed by atoms with Crippen LogP contribution in [-0.2, 0) is 65.4 Å². The van der Waals surface area contributed by atoms with Crippen molar-refractivity contribution in [1.29, 1.82) is 0 Å². The summed E-state index contributed by atoms with van der Waals surface area (Å²) in [5.74, 6) is -2.12. The van der Waals surface area contributed by atoms with Gasteiger partial charge in [-0.15, -0.1) is 0 Å². The Bertz CT molecular complexity index is 1710. The first-order valence-electron chi connectivity index (χ1n) is 36.8. The zero-order chi connectivity index (χ0) is 65.4. The van der Waals surface area contributed by atoms with E-state index in [4.69, 9.17) is 37.0 Å². The van der Waals surface area contributed by atoms with Crippen molar-refractivity contribution in [3.63, 3.8) is 0 Å². The van der Waals surface area contributed by atoms with Crippen LogP contribution < -0.4 is 0 Å². The van der Waals surface area contributed by atoms with E-state index < -0.39 is 97.5 Å². The Hall–Kier alpha value is -1.94. The molecule has 0 saturated carbocycles. The maximum absolute atomic E-state index is 13.0. The van der Waals surface area contributed by atoms with Crippen LogP contribution in [0.3, 0.4) is 0 Å². The summed E-state index contributed by atoms with van der Waals surface area (Å²) in [5, 5.41) is 10.6. The Morgan fingerprint density at radius 1 is 0.270 bits per heavy atom. The van der Waals surface area contributed by atoms with Gasteiger partial charge in [-0.05, 0) is 25.7 Å². The molecule has 0 aromatic carbocycles. The number of ether oxygens (including phenoxy) is 4. The Labute approximate surface area is 543 Å². The van der Waals surface area contributed by atoms with Crippen LogP contribution in [0.2, 0.25) is 0 Å². The van der Waals surface area contributed by atoms with Crippen molar-refractivity contribution in [2.24, 2.45) is 0 Å². The molecule has 0 aliphatic heterocycles. The number of unbranched alkanes of at least 4 members (excludes halogenated alkanes) is 45. The van der Waals surface area contributed by atoms with E-state index in [2.05, 4.69) is 27.7 Å². The monoisotopic (exact) mass is 1310 g/mol. The number of phosphoric ester groups is 2. The maximum Gasteiger partial charge on any atom is 0.472 e. The van der Waals surface area contributed by atoms with Crippen LogP contribution in [0, 0.1) is 0 Å². The van der Waals surface area contributed by atoms with Gasteiger partial charge in [0, 0.05) is 25.7 Å². The third-order valence-electron chi connectivity index (χ3n) is 16.4. The lowest BCUT2D eigenvalue weighted by Gasteiger charge is -2.21. The van der Waals surface area contributed by atoms with Gasteiger partial charge in [0.15, 0.2) is 12.2 Å². The molecule has 17 nitrogen and oxygen atoms in total. The molecule has 0 heterocycles. The zero-order valence-electron chi connectivity index (χ0n) is 57.4. The lowest BCUT2D eigenvalue weighted by atomic mass is 10.0. The van der Waals surface area contributed by atoms with Crippen LogP contribution in [0.1, 0.15) is 368 Å². The molecule has 0 spiro atoms. The fourth-order valence-electron chi connectivity index (χ4n) is 10.7. The van der Waals surface area contributed by atoms with Crippen LogP contribution in [0.4, 0.5) is 0 Å². The van der Waals surface area contributed by atoms with Gasteiger partial charge in [0.25, 0.3) is 0 Å². The summed E-state index contributed by atoms with van der Waals surface area (Å²) in [6.07, 6.45) is 52.6. The number of aliphatic hydroxyl groups excluding tert-OH is 1. The van der Waals surface area contributed by atoms with E-state index in [-0.39, 0.29) is 25.7 Å². The minimum absolute atomic E-state index is 0.107. The second-order valence-electron chi connectivity index (χ2n) is 25.3. The minimum Gasteiger partial charge on any atom is -0.462 e. The van der Waals surface area contributed by atoms with Gasteiger partial charge >= 0.3 is 39.5 Å². The normalized spacial score (nSPS) is 14.0. The molecule has 0 aromatic heterocycles. The van der Waals surface area contributed by atoms with E-state index in [0.29, 0.717) is 25.7 Å². The van der Waals surface area contributed by atoms with Crippen LogP contribution in [0.25, 0.3) is 0 Å². The Morgan fingerprint density at radius 2 is 0.449 bits per heavy atom. The lowest BCUT2D eigenvalue weighted by molar-refractivity contribution is -0.161. The average molecular weight is 1310 g/mol. The van der Waals surface area contributed by atoms with Gasteiger partial charge < -0.3 is 33.8 Å². The summed E-state index contributed by atoms with van der Waals surface area (Å²) in [4.78, 5) is 72.5. The number of phosphoric acid groups is 2. The Balaban J connectivity index is 5.22. The van der Waals surface area contributed by atoms with Gasteiger partial charge in [-0.1, -0.05) is 317 Å². The molecular formula is C70H136O17P2. The highest BCUT2D eigenvalue weighted by molar-refractivity contribution is 7.47. The molecule has 3 N–H and O–H groups in total. The molecule has 0 rings (SSSR count). The van der Waals surface area contributed by atoms with E-state index >= 15 is 0 Å².